The summed E-state index contributed by atoms with van der Waals surface area (Å²) in [5.41, 5.74) is 0.194. The van der Waals surface area contributed by atoms with E-state index >= 15 is 0 Å². The van der Waals surface area contributed by atoms with Gasteiger partial charge in [0, 0.05) is 0 Å². The van der Waals surface area contributed by atoms with Crippen molar-refractivity contribution >= 4 is 17.9 Å². The van der Waals surface area contributed by atoms with Gasteiger partial charge in [-0.05, 0) is 37.5 Å². The molecule has 0 heterocycles. The molecule has 0 aromatic heterocycles. The normalized spacial score (nSPS) is 7.11. The molecule has 7 heteroatoms. The van der Waals surface area contributed by atoms with Gasteiger partial charge in [-0.2, -0.15) is 0 Å². The van der Waals surface area contributed by atoms with Crippen LogP contribution in [0.25, 0.3) is 0 Å². The van der Waals surface area contributed by atoms with E-state index in [0.29, 0.717) is 0 Å². The third-order valence-electron chi connectivity index (χ3n) is 1.05. The zero-order valence-electron chi connectivity index (χ0n) is 10.9. The molecule has 0 rings (SSSR count). The van der Waals surface area contributed by atoms with E-state index in [4.69, 9.17) is 0 Å². The van der Waals surface area contributed by atoms with Gasteiger partial charge >= 0.3 is 17.1 Å². The summed E-state index contributed by atoms with van der Waals surface area (Å²) >= 11 is 0. The van der Waals surface area contributed by atoms with Crippen molar-refractivity contribution in [2.75, 3.05) is 0 Å². The van der Waals surface area contributed by atoms with E-state index in [9.17, 15) is 29.7 Å². The Hall–Kier alpha value is -1.85. The molecule has 19 heavy (non-hydrogen) atoms. The van der Waals surface area contributed by atoms with Crippen molar-refractivity contribution in [1.82, 2.24) is 0 Å². The summed E-state index contributed by atoms with van der Waals surface area (Å²) in [4.78, 5) is 28.5. The van der Waals surface area contributed by atoms with E-state index in [1.807, 2.05) is 0 Å². The van der Waals surface area contributed by atoms with Gasteiger partial charge in [-0.3, -0.25) is 0 Å². The summed E-state index contributed by atoms with van der Waals surface area (Å²) in [5.74, 6) is -3.56. The van der Waals surface area contributed by atoms with E-state index in [0.717, 1.165) is 0 Å². The quantitative estimate of drug-likeness (QED) is 0.436. The number of hydrogen-bond acceptors (Lipinski definition) is 6. The summed E-state index contributed by atoms with van der Waals surface area (Å²) in [5, 5.41) is 28.5. The number of carboxylic acids is 3. The van der Waals surface area contributed by atoms with Crippen molar-refractivity contribution in [3.63, 3.8) is 0 Å². The molecule has 0 amide bonds. The van der Waals surface area contributed by atoms with Crippen LogP contribution in [0.15, 0.2) is 36.5 Å². The molecule has 0 spiro atoms. The standard InChI is InChI=1S/3C4H6O2.Fe/c3*1-3(2)4(5)6;/h3*1H2,2H3,(H,5,6);/q;;;+3/p-3. The molecule has 6 nitrogen and oxygen atoms in total. The fraction of sp³-hybridized carbons (Fsp3) is 0.250. The number of carbonyl (C=O) groups is 3. The third-order valence-corrected chi connectivity index (χ3v) is 1.05. The van der Waals surface area contributed by atoms with Crippen molar-refractivity contribution in [2.45, 2.75) is 20.8 Å². The number of carboxylic acid groups (broad SMARTS) is 3. The number of carbonyl (C=O) groups excluding carboxylic acids is 3. The number of rotatable bonds is 3. The Morgan fingerprint density at radius 3 is 0.684 bits per heavy atom. The maximum Gasteiger partial charge on any atom is 3.00 e. The van der Waals surface area contributed by atoms with Crippen LogP contribution in [0.4, 0.5) is 0 Å². The van der Waals surface area contributed by atoms with E-state index in [1.165, 1.54) is 20.8 Å². The SMILES string of the molecule is C=C(C)C(=O)[O-].C=C(C)C(=O)[O-].C=C(C)C(=O)[O-].[Fe+3]. The van der Waals surface area contributed by atoms with Crippen LogP contribution in [0.5, 0.6) is 0 Å². The van der Waals surface area contributed by atoms with E-state index in [2.05, 4.69) is 19.7 Å². The van der Waals surface area contributed by atoms with Crippen LogP contribution in [-0.4, -0.2) is 17.9 Å². The molecule has 107 valence electrons. The van der Waals surface area contributed by atoms with E-state index in [1.54, 1.807) is 0 Å². The van der Waals surface area contributed by atoms with Crippen molar-refractivity contribution in [3.8, 4) is 0 Å². The molecule has 0 aliphatic carbocycles. The van der Waals surface area contributed by atoms with Gasteiger partial charge in [-0.1, -0.05) is 19.7 Å². The zero-order chi connectivity index (χ0) is 15.5. The van der Waals surface area contributed by atoms with Crippen LogP contribution in [0.3, 0.4) is 0 Å². The van der Waals surface area contributed by atoms with Gasteiger partial charge in [0.1, 0.15) is 0 Å². The largest absolute Gasteiger partial charge is 3.00 e. The second-order valence-corrected chi connectivity index (χ2v) is 3.20. The van der Waals surface area contributed by atoms with Crippen LogP contribution in [0.2, 0.25) is 0 Å². The molecule has 0 bridgehead atoms. The smallest absolute Gasteiger partial charge is 0.545 e. The average molecular weight is 311 g/mol. The minimum Gasteiger partial charge on any atom is -0.545 e. The fourth-order valence-electron chi connectivity index (χ4n) is 0. The Bertz CT molecular complexity index is 277. The molecule has 0 saturated heterocycles. The fourth-order valence-corrected chi connectivity index (χ4v) is 0. The molecule has 0 N–H and O–H groups in total. The topological polar surface area (TPSA) is 120 Å². The number of aliphatic carboxylic acids is 3. The predicted octanol–water partition coefficient (Wildman–Crippen LogP) is -2.07. The summed E-state index contributed by atoms with van der Waals surface area (Å²) in [7, 11) is 0. The Labute approximate surface area is 122 Å². The van der Waals surface area contributed by atoms with Gasteiger partial charge in [-0.25, -0.2) is 0 Å². The molecule has 0 unspecified atom stereocenters. The van der Waals surface area contributed by atoms with Gasteiger partial charge < -0.3 is 29.7 Å². The van der Waals surface area contributed by atoms with Crippen LogP contribution in [-0.2, 0) is 31.5 Å². The summed E-state index contributed by atoms with van der Waals surface area (Å²) < 4.78 is 0. The van der Waals surface area contributed by atoms with Gasteiger partial charge in [0.05, 0.1) is 17.9 Å². The maximum absolute atomic E-state index is 9.49. The van der Waals surface area contributed by atoms with Gasteiger partial charge in [0.15, 0.2) is 0 Å². The molecule has 0 atom stereocenters. The summed E-state index contributed by atoms with van der Waals surface area (Å²) in [6, 6.07) is 0. The summed E-state index contributed by atoms with van der Waals surface area (Å²) in [6.07, 6.45) is 0. The Morgan fingerprint density at radius 2 is 0.684 bits per heavy atom. The van der Waals surface area contributed by atoms with Crippen molar-refractivity contribution in [2.24, 2.45) is 0 Å². The molecule has 0 aromatic rings. The van der Waals surface area contributed by atoms with Crippen molar-refractivity contribution in [3.05, 3.63) is 36.5 Å². The van der Waals surface area contributed by atoms with Crippen LogP contribution in [0, 0.1) is 0 Å². The second-order valence-electron chi connectivity index (χ2n) is 3.20. The Morgan fingerprint density at radius 1 is 0.632 bits per heavy atom. The Kier molecular flexibility index (Phi) is 19.3. The van der Waals surface area contributed by atoms with Gasteiger partial charge in [0.2, 0.25) is 0 Å². The zero-order valence-corrected chi connectivity index (χ0v) is 12.0. The molecule has 0 aliphatic rings. The van der Waals surface area contributed by atoms with Crippen molar-refractivity contribution < 1.29 is 46.8 Å². The van der Waals surface area contributed by atoms with Crippen LogP contribution >= 0.6 is 0 Å². The van der Waals surface area contributed by atoms with Crippen LogP contribution in [0.1, 0.15) is 20.8 Å². The maximum atomic E-state index is 9.49. The average Bonchev–Trinajstić information content (AvgIpc) is 2.18. The van der Waals surface area contributed by atoms with E-state index < -0.39 is 17.9 Å². The number of hydrogen-bond donors (Lipinski definition) is 0. The first kappa shape index (κ1) is 25.9. The molecule has 0 saturated carbocycles. The Balaban J connectivity index is -0.0000000865. The molecular weight excluding hydrogens is 296 g/mol. The predicted molar refractivity (Wildman–Crippen MR) is 59.5 cm³/mol. The van der Waals surface area contributed by atoms with Gasteiger partial charge in [-0.15, -0.1) is 0 Å². The molecule has 0 aliphatic heterocycles. The minimum atomic E-state index is -1.19. The van der Waals surface area contributed by atoms with Gasteiger partial charge in [0.25, 0.3) is 0 Å². The van der Waals surface area contributed by atoms with Crippen molar-refractivity contribution in [1.29, 1.82) is 0 Å². The molecular formula is C12H15FeO6. The van der Waals surface area contributed by atoms with E-state index in [-0.39, 0.29) is 33.8 Å². The minimum absolute atomic E-state index is 0. The molecule has 1 radical (unpaired) electrons. The first-order chi connectivity index (χ1) is 7.93. The third kappa shape index (κ3) is 31.4. The van der Waals surface area contributed by atoms with Crippen LogP contribution < -0.4 is 15.3 Å². The summed E-state index contributed by atoms with van der Waals surface area (Å²) in [6.45, 7) is 13.4. The second kappa shape index (κ2) is 14.2. The first-order valence-corrected chi connectivity index (χ1v) is 4.54. The molecule has 0 aromatic carbocycles. The monoisotopic (exact) mass is 311 g/mol. The molecule has 0 fully saturated rings. The first-order valence-electron chi connectivity index (χ1n) is 4.54.